The van der Waals surface area contributed by atoms with Crippen molar-refractivity contribution in [2.45, 2.75) is 46.1 Å². The first-order valence-electron chi connectivity index (χ1n) is 5.89. The molecule has 0 unspecified atom stereocenters. The van der Waals surface area contributed by atoms with Crippen molar-refractivity contribution in [1.29, 1.82) is 0 Å². The van der Waals surface area contributed by atoms with Gasteiger partial charge in [-0.1, -0.05) is 13.8 Å². The van der Waals surface area contributed by atoms with Gasteiger partial charge in [-0.25, -0.2) is 0 Å². The van der Waals surface area contributed by atoms with Gasteiger partial charge in [0.25, 0.3) is 0 Å². The van der Waals surface area contributed by atoms with E-state index in [2.05, 4.69) is 19.2 Å². The number of furan rings is 1. The fourth-order valence-corrected chi connectivity index (χ4v) is 1.55. The van der Waals surface area contributed by atoms with Crippen LogP contribution in [0, 0.1) is 5.92 Å². The lowest BCUT2D eigenvalue weighted by atomic mass is 10.1. The molecule has 0 saturated heterocycles. The highest BCUT2D eigenvalue weighted by atomic mass is 16.3. The van der Waals surface area contributed by atoms with Crippen molar-refractivity contribution >= 4 is 5.91 Å². The number of nitrogens with one attached hydrogen (secondary N) is 1. The number of hydrogen-bond donors (Lipinski definition) is 1. The third kappa shape index (κ3) is 5.01. The molecule has 0 spiro atoms. The first-order valence-corrected chi connectivity index (χ1v) is 5.89. The summed E-state index contributed by atoms with van der Waals surface area (Å²) in [7, 11) is 0. The van der Waals surface area contributed by atoms with Crippen LogP contribution in [-0.2, 0) is 11.2 Å². The molecule has 90 valence electrons. The van der Waals surface area contributed by atoms with Gasteiger partial charge in [-0.15, -0.1) is 0 Å². The molecule has 1 N–H and O–H groups in total. The van der Waals surface area contributed by atoms with Crippen LogP contribution in [0.2, 0.25) is 0 Å². The Hall–Kier alpha value is -1.25. The maximum Gasteiger partial charge on any atom is 0.220 e. The molecule has 0 aliphatic rings. The van der Waals surface area contributed by atoms with E-state index < -0.39 is 0 Å². The molecule has 0 aromatic carbocycles. The summed E-state index contributed by atoms with van der Waals surface area (Å²) in [6, 6.07) is 3.92. The lowest BCUT2D eigenvalue weighted by Gasteiger charge is -2.13. The van der Waals surface area contributed by atoms with E-state index in [4.69, 9.17) is 4.42 Å². The summed E-state index contributed by atoms with van der Waals surface area (Å²) in [5.74, 6) is 1.62. The van der Waals surface area contributed by atoms with Crippen LogP contribution in [-0.4, -0.2) is 11.9 Å². The Labute approximate surface area is 97.2 Å². The van der Waals surface area contributed by atoms with Gasteiger partial charge < -0.3 is 9.73 Å². The molecule has 0 radical (unpaired) electrons. The maximum absolute atomic E-state index is 11.5. The van der Waals surface area contributed by atoms with E-state index in [0.29, 0.717) is 12.3 Å². The Morgan fingerprint density at radius 1 is 1.44 bits per heavy atom. The molecule has 1 heterocycles. The number of rotatable bonds is 6. The SMILES string of the molecule is CC(C)CCC(=O)N[C@@H](C)Cc1ccco1. The quantitative estimate of drug-likeness (QED) is 0.805. The largest absolute Gasteiger partial charge is 0.469 e. The molecule has 1 aromatic rings. The highest BCUT2D eigenvalue weighted by Gasteiger charge is 2.09. The zero-order chi connectivity index (χ0) is 12.0. The molecule has 1 atom stereocenters. The molecule has 3 heteroatoms. The molecule has 16 heavy (non-hydrogen) atoms. The zero-order valence-corrected chi connectivity index (χ0v) is 10.3. The fraction of sp³-hybridized carbons (Fsp3) is 0.615. The smallest absolute Gasteiger partial charge is 0.220 e. The molecule has 0 saturated carbocycles. The Morgan fingerprint density at radius 2 is 2.19 bits per heavy atom. The molecular formula is C13H21NO2. The van der Waals surface area contributed by atoms with Gasteiger partial charge in [0.1, 0.15) is 5.76 Å². The highest BCUT2D eigenvalue weighted by Crippen LogP contribution is 2.06. The van der Waals surface area contributed by atoms with Crippen LogP contribution in [0.3, 0.4) is 0 Å². The minimum atomic E-state index is 0.130. The second-order valence-electron chi connectivity index (χ2n) is 4.68. The minimum Gasteiger partial charge on any atom is -0.469 e. The lowest BCUT2D eigenvalue weighted by Crippen LogP contribution is -2.33. The van der Waals surface area contributed by atoms with E-state index in [1.165, 1.54) is 0 Å². The summed E-state index contributed by atoms with van der Waals surface area (Å²) in [4.78, 5) is 11.5. The molecule has 3 nitrogen and oxygen atoms in total. The normalized spacial score (nSPS) is 12.8. The van der Waals surface area contributed by atoms with E-state index in [0.717, 1.165) is 18.6 Å². The van der Waals surface area contributed by atoms with Crippen molar-refractivity contribution < 1.29 is 9.21 Å². The molecule has 1 amide bonds. The molecular weight excluding hydrogens is 202 g/mol. The van der Waals surface area contributed by atoms with E-state index in [1.807, 2.05) is 19.1 Å². The summed E-state index contributed by atoms with van der Waals surface area (Å²) < 4.78 is 5.23. The first-order chi connectivity index (χ1) is 7.58. The van der Waals surface area contributed by atoms with Gasteiger partial charge in [0.15, 0.2) is 0 Å². The van der Waals surface area contributed by atoms with Gasteiger partial charge in [-0.05, 0) is 31.4 Å². The van der Waals surface area contributed by atoms with Crippen LogP contribution in [0.4, 0.5) is 0 Å². The van der Waals surface area contributed by atoms with Crippen molar-refractivity contribution in [2.24, 2.45) is 5.92 Å². The predicted octanol–water partition coefficient (Wildman–Crippen LogP) is 2.76. The maximum atomic E-state index is 11.5. The van der Waals surface area contributed by atoms with Crippen LogP contribution in [0.1, 0.15) is 39.4 Å². The van der Waals surface area contributed by atoms with Gasteiger partial charge in [0, 0.05) is 18.9 Å². The summed E-state index contributed by atoms with van der Waals surface area (Å²) in [5.41, 5.74) is 0. The van der Waals surface area contributed by atoms with Crippen molar-refractivity contribution in [3.8, 4) is 0 Å². The highest BCUT2D eigenvalue weighted by molar-refractivity contribution is 5.76. The standard InChI is InChI=1S/C13H21NO2/c1-10(2)6-7-13(15)14-11(3)9-12-5-4-8-16-12/h4-5,8,10-11H,6-7,9H2,1-3H3,(H,14,15)/t11-/m0/s1. The van der Waals surface area contributed by atoms with Gasteiger partial charge in [-0.2, -0.15) is 0 Å². The van der Waals surface area contributed by atoms with Crippen LogP contribution in [0.25, 0.3) is 0 Å². The first kappa shape index (κ1) is 12.8. The van der Waals surface area contributed by atoms with Gasteiger partial charge >= 0.3 is 0 Å². The molecule has 1 rings (SSSR count). The topological polar surface area (TPSA) is 42.2 Å². The number of hydrogen-bond acceptors (Lipinski definition) is 2. The molecule has 1 aromatic heterocycles. The Morgan fingerprint density at radius 3 is 2.75 bits per heavy atom. The molecule has 0 fully saturated rings. The monoisotopic (exact) mass is 223 g/mol. The molecule has 0 bridgehead atoms. The number of carbonyl (C=O) groups is 1. The van der Waals surface area contributed by atoms with Gasteiger partial charge in [0.2, 0.25) is 5.91 Å². The zero-order valence-electron chi connectivity index (χ0n) is 10.3. The summed E-state index contributed by atoms with van der Waals surface area (Å²) >= 11 is 0. The third-order valence-corrected chi connectivity index (χ3v) is 2.44. The van der Waals surface area contributed by atoms with E-state index in [1.54, 1.807) is 6.26 Å². The Bertz CT molecular complexity index is 304. The van der Waals surface area contributed by atoms with Crippen LogP contribution in [0.5, 0.6) is 0 Å². The van der Waals surface area contributed by atoms with E-state index in [-0.39, 0.29) is 11.9 Å². The van der Waals surface area contributed by atoms with Crippen LogP contribution in [0.15, 0.2) is 22.8 Å². The van der Waals surface area contributed by atoms with E-state index in [9.17, 15) is 4.79 Å². The average molecular weight is 223 g/mol. The number of amides is 1. The minimum absolute atomic E-state index is 0.130. The molecule has 0 aliphatic carbocycles. The second-order valence-corrected chi connectivity index (χ2v) is 4.68. The van der Waals surface area contributed by atoms with Gasteiger partial charge in [-0.3, -0.25) is 4.79 Å². The van der Waals surface area contributed by atoms with Gasteiger partial charge in [0.05, 0.1) is 6.26 Å². The summed E-state index contributed by atoms with van der Waals surface area (Å²) in [5, 5.41) is 2.97. The Balaban J connectivity index is 2.23. The third-order valence-electron chi connectivity index (χ3n) is 2.44. The Kier molecular flexibility index (Phi) is 5.09. The molecule has 0 aliphatic heterocycles. The second kappa shape index (κ2) is 6.36. The lowest BCUT2D eigenvalue weighted by molar-refractivity contribution is -0.121. The van der Waals surface area contributed by atoms with Crippen LogP contribution < -0.4 is 5.32 Å². The van der Waals surface area contributed by atoms with Crippen LogP contribution >= 0.6 is 0 Å². The summed E-state index contributed by atoms with van der Waals surface area (Å²) in [6.07, 6.45) is 3.96. The average Bonchev–Trinajstić information content (AvgIpc) is 2.67. The predicted molar refractivity (Wildman–Crippen MR) is 64.1 cm³/mol. The van der Waals surface area contributed by atoms with E-state index >= 15 is 0 Å². The van der Waals surface area contributed by atoms with Crippen molar-refractivity contribution in [3.05, 3.63) is 24.2 Å². The summed E-state index contributed by atoms with van der Waals surface area (Å²) in [6.45, 7) is 6.24. The van der Waals surface area contributed by atoms with Crippen molar-refractivity contribution in [2.75, 3.05) is 0 Å². The number of carbonyl (C=O) groups excluding carboxylic acids is 1. The van der Waals surface area contributed by atoms with Crippen molar-refractivity contribution in [3.63, 3.8) is 0 Å². The van der Waals surface area contributed by atoms with Crippen molar-refractivity contribution in [1.82, 2.24) is 5.32 Å². The fourth-order valence-electron chi connectivity index (χ4n) is 1.55.